The summed E-state index contributed by atoms with van der Waals surface area (Å²) in [5.41, 5.74) is 6.02. The monoisotopic (exact) mass is 429 g/mol. The summed E-state index contributed by atoms with van der Waals surface area (Å²) >= 11 is 0. The van der Waals surface area contributed by atoms with Crippen LogP contribution in [0.5, 0.6) is 17.2 Å². The van der Waals surface area contributed by atoms with Gasteiger partial charge in [-0.25, -0.2) is 0 Å². The van der Waals surface area contributed by atoms with Gasteiger partial charge < -0.3 is 30.6 Å². The van der Waals surface area contributed by atoms with Gasteiger partial charge >= 0.3 is 0 Å². The lowest BCUT2D eigenvalue weighted by Gasteiger charge is -2.17. The van der Waals surface area contributed by atoms with E-state index in [9.17, 15) is 14.4 Å². The second kappa shape index (κ2) is 11.4. The molecule has 0 saturated heterocycles. The van der Waals surface area contributed by atoms with Gasteiger partial charge in [-0.3, -0.25) is 14.4 Å². The molecule has 0 spiro atoms. The first kappa shape index (κ1) is 23.5. The van der Waals surface area contributed by atoms with E-state index in [1.165, 1.54) is 6.07 Å². The third-order valence-corrected chi connectivity index (χ3v) is 3.98. The van der Waals surface area contributed by atoms with Gasteiger partial charge in [0.2, 0.25) is 11.7 Å². The van der Waals surface area contributed by atoms with Crippen LogP contribution in [0.2, 0.25) is 0 Å². The summed E-state index contributed by atoms with van der Waals surface area (Å²) in [5.74, 6) is -0.299. The van der Waals surface area contributed by atoms with Crippen LogP contribution < -0.4 is 30.6 Å². The van der Waals surface area contributed by atoms with Gasteiger partial charge in [0.05, 0.1) is 26.4 Å². The van der Waals surface area contributed by atoms with E-state index in [1.54, 1.807) is 30.3 Å². The summed E-state index contributed by atoms with van der Waals surface area (Å²) in [6.07, 6.45) is 0. The highest BCUT2D eigenvalue weighted by atomic mass is 16.5. The van der Waals surface area contributed by atoms with E-state index < -0.39 is 17.7 Å². The Balaban J connectivity index is 2.27. The number of hydrogen-bond acceptors (Lipinski definition) is 6. The fourth-order valence-corrected chi connectivity index (χ4v) is 2.73. The Morgan fingerprint density at radius 2 is 1.45 bits per heavy atom. The number of carbonyl (C=O) groups excluding carboxylic acids is 3. The molecule has 0 aromatic heterocycles. The Labute approximate surface area is 180 Å². The molecular formula is C22H27N3O6. The predicted molar refractivity (Wildman–Crippen MR) is 116 cm³/mol. The Kier molecular flexibility index (Phi) is 8.68. The molecule has 0 unspecified atom stereocenters. The lowest BCUT2D eigenvalue weighted by atomic mass is 10.1. The van der Waals surface area contributed by atoms with Crippen molar-refractivity contribution in [3.8, 4) is 17.2 Å². The van der Waals surface area contributed by atoms with E-state index in [1.807, 2.05) is 20.8 Å². The Morgan fingerprint density at radius 3 is 2.00 bits per heavy atom. The minimum absolute atomic E-state index is 0.274. The molecule has 166 valence electrons. The Morgan fingerprint density at radius 1 is 0.839 bits per heavy atom. The molecule has 0 aliphatic carbocycles. The molecule has 9 heteroatoms. The van der Waals surface area contributed by atoms with Gasteiger partial charge in [0.1, 0.15) is 0 Å². The van der Waals surface area contributed by atoms with Crippen LogP contribution in [0, 0.1) is 0 Å². The van der Waals surface area contributed by atoms with Crippen LogP contribution in [0.25, 0.3) is 0 Å². The summed E-state index contributed by atoms with van der Waals surface area (Å²) in [5, 5.41) is 5.14. The number of nitrogens with two attached hydrogens (primary N) is 1. The van der Waals surface area contributed by atoms with Gasteiger partial charge in [-0.1, -0.05) is 6.07 Å². The molecule has 31 heavy (non-hydrogen) atoms. The Hall–Kier alpha value is -3.75. The number of hydrogen-bond donors (Lipinski definition) is 3. The molecule has 4 N–H and O–H groups in total. The van der Waals surface area contributed by atoms with Crippen molar-refractivity contribution in [1.82, 2.24) is 5.32 Å². The van der Waals surface area contributed by atoms with Crippen molar-refractivity contribution in [3.05, 3.63) is 47.5 Å². The average molecular weight is 429 g/mol. The van der Waals surface area contributed by atoms with Crippen LogP contribution in [0.3, 0.4) is 0 Å². The van der Waals surface area contributed by atoms with Crippen LogP contribution in [0.15, 0.2) is 36.4 Å². The Bertz CT molecular complexity index is 918. The highest BCUT2D eigenvalue weighted by Gasteiger charge is 2.19. The first-order chi connectivity index (χ1) is 14.9. The molecule has 0 bridgehead atoms. The molecular weight excluding hydrogens is 402 g/mol. The molecule has 2 aromatic rings. The zero-order chi connectivity index (χ0) is 22.8. The van der Waals surface area contributed by atoms with E-state index in [2.05, 4.69) is 10.6 Å². The number of primary amides is 1. The second-order valence-corrected chi connectivity index (χ2v) is 6.28. The average Bonchev–Trinajstić information content (AvgIpc) is 2.74. The van der Waals surface area contributed by atoms with Crippen molar-refractivity contribution in [2.45, 2.75) is 20.8 Å². The fraction of sp³-hybridized carbons (Fsp3) is 0.318. The van der Waals surface area contributed by atoms with Gasteiger partial charge in [0, 0.05) is 16.8 Å². The second-order valence-electron chi connectivity index (χ2n) is 6.28. The van der Waals surface area contributed by atoms with E-state index in [4.69, 9.17) is 19.9 Å². The highest BCUT2D eigenvalue weighted by molar-refractivity contribution is 6.06. The third-order valence-electron chi connectivity index (χ3n) is 3.98. The molecule has 3 amide bonds. The topological polar surface area (TPSA) is 129 Å². The maximum Gasteiger partial charge on any atom is 0.255 e. The molecule has 0 aliphatic heterocycles. The standard InChI is InChI=1S/C22H27N3O6/c1-4-29-17-11-15(12-18(30-5-2)20(17)31-6-3)22(28)25-16-9-7-8-14(10-16)21(27)24-13-19(23)26/h7-12H,4-6,13H2,1-3H3,(H2,23,26)(H,24,27)(H,25,28). The van der Waals surface area contributed by atoms with Crippen molar-refractivity contribution >= 4 is 23.4 Å². The van der Waals surface area contributed by atoms with Gasteiger partial charge in [-0.2, -0.15) is 0 Å². The van der Waals surface area contributed by atoms with Crippen LogP contribution in [0.4, 0.5) is 5.69 Å². The molecule has 0 aliphatic rings. The van der Waals surface area contributed by atoms with Gasteiger partial charge in [0.15, 0.2) is 11.5 Å². The van der Waals surface area contributed by atoms with Crippen LogP contribution in [0.1, 0.15) is 41.5 Å². The summed E-state index contributed by atoms with van der Waals surface area (Å²) in [6.45, 7) is 6.42. The van der Waals surface area contributed by atoms with E-state index >= 15 is 0 Å². The third kappa shape index (κ3) is 6.63. The number of nitrogens with one attached hydrogen (secondary N) is 2. The summed E-state index contributed by atoms with van der Waals surface area (Å²) in [4.78, 5) is 35.8. The first-order valence-corrected chi connectivity index (χ1v) is 9.93. The number of amides is 3. The van der Waals surface area contributed by atoms with Crippen LogP contribution >= 0.6 is 0 Å². The number of carbonyl (C=O) groups is 3. The van der Waals surface area contributed by atoms with Crippen molar-refractivity contribution < 1.29 is 28.6 Å². The molecule has 9 nitrogen and oxygen atoms in total. The molecule has 0 radical (unpaired) electrons. The van der Waals surface area contributed by atoms with Crippen molar-refractivity contribution in [2.24, 2.45) is 5.73 Å². The zero-order valence-electron chi connectivity index (χ0n) is 17.8. The maximum atomic E-state index is 12.9. The number of ether oxygens (including phenoxy) is 3. The van der Waals surface area contributed by atoms with E-state index in [0.29, 0.717) is 48.3 Å². The summed E-state index contributed by atoms with van der Waals surface area (Å²) < 4.78 is 16.9. The number of benzene rings is 2. The largest absolute Gasteiger partial charge is 0.490 e. The van der Waals surface area contributed by atoms with Crippen molar-refractivity contribution in [1.29, 1.82) is 0 Å². The van der Waals surface area contributed by atoms with Crippen LogP contribution in [-0.4, -0.2) is 44.1 Å². The van der Waals surface area contributed by atoms with Gasteiger partial charge in [0.25, 0.3) is 11.8 Å². The molecule has 0 heterocycles. The quantitative estimate of drug-likeness (QED) is 0.503. The van der Waals surface area contributed by atoms with Gasteiger partial charge in [-0.15, -0.1) is 0 Å². The molecule has 2 aromatic carbocycles. The highest BCUT2D eigenvalue weighted by Crippen LogP contribution is 2.39. The lowest BCUT2D eigenvalue weighted by Crippen LogP contribution is -2.33. The summed E-state index contributed by atoms with van der Waals surface area (Å²) in [7, 11) is 0. The molecule has 2 rings (SSSR count). The number of anilines is 1. The smallest absolute Gasteiger partial charge is 0.255 e. The van der Waals surface area contributed by atoms with E-state index in [-0.39, 0.29) is 12.1 Å². The van der Waals surface area contributed by atoms with E-state index in [0.717, 1.165) is 0 Å². The summed E-state index contributed by atoms with van der Waals surface area (Å²) in [6, 6.07) is 9.47. The van der Waals surface area contributed by atoms with Crippen molar-refractivity contribution in [3.63, 3.8) is 0 Å². The predicted octanol–water partition coefficient (Wildman–Crippen LogP) is 2.35. The number of rotatable bonds is 11. The molecule has 0 fully saturated rings. The van der Waals surface area contributed by atoms with Crippen LogP contribution in [-0.2, 0) is 4.79 Å². The minimum Gasteiger partial charge on any atom is -0.490 e. The molecule has 0 saturated carbocycles. The van der Waals surface area contributed by atoms with Crippen molar-refractivity contribution in [2.75, 3.05) is 31.7 Å². The lowest BCUT2D eigenvalue weighted by molar-refractivity contribution is -0.117. The fourth-order valence-electron chi connectivity index (χ4n) is 2.73. The molecule has 0 atom stereocenters. The maximum absolute atomic E-state index is 12.9. The minimum atomic E-state index is -0.650. The van der Waals surface area contributed by atoms with Gasteiger partial charge in [-0.05, 0) is 51.1 Å². The zero-order valence-corrected chi connectivity index (χ0v) is 17.8. The first-order valence-electron chi connectivity index (χ1n) is 9.93. The SMILES string of the molecule is CCOc1cc(C(=O)Nc2cccc(C(=O)NCC(N)=O)c2)cc(OCC)c1OCC. The normalized spacial score (nSPS) is 10.2.